The Labute approximate surface area is 205 Å². The first-order valence-electron chi connectivity index (χ1n) is 11.1. The number of nitrogens with zero attached hydrogens (tertiary/aromatic N) is 2. The monoisotopic (exact) mass is 486 g/mol. The van der Waals surface area contributed by atoms with Crippen molar-refractivity contribution in [3.63, 3.8) is 0 Å². The summed E-state index contributed by atoms with van der Waals surface area (Å²) >= 11 is 0. The summed E-state index contributed by atoms with van der Waals surface area (Å²) in [5.74, 6) is 0.426. The quantitative estimate of drug-likeness (QED) is 0.363. The minimum Gasteiger partial charge on any atom is -0.326 e. The number of amides is 1. The topological polar surface area (TPSA) is 101 Å². The Hall–Kier alpha value is -4.04. The molecule has 0 saturated carbocycles. The van der Waals surface area contributed by atoms with Crippen LogP contribution in [0.4, 0.5) is 11.5 Å². The van der Waals surface area contributed by atoms with E-state index in [-0.39, 0.29) is 29.0 Å². The Morgan fingerprint density at radius 1 is 0.829 bits per heavy atom. The molecule has 8 heteroatoms. The number of carbonyl (C=O) groups excluding carboxylic acids is 1. The molecule has 0 atom stereocenters. The van der Waals surface area contributed by atoms with E-state index in [0.717, 1.165) is 11.1 Å². The Balaban J connectivity index is 1.46. The van der Waals surface area contributed by atoms with E-state index in [1.54, 1.807) is 32.0 Å². The third kappa shape index (κ3) is 6.30. The highest BCUT2D eigenvalue weighted by molar-refractivity contribution is 7.92. The number of sulfonamides is 1. The smallest absolute Gasteiger partial charge is 0.263 e. The van der Waals surface area contributed by atoms with Crippen LogP contribution in [-0.4, -0.2) is 24.3 Å². The standard InChI is InChI=1S/C27H26N4O3S/c1-19-17-26(29-20(2)28-19)31-35(33,34)24-15-13-23(14-16-24)30-27(32)18-25(21-9-5-3-6-10-21)22-11-7-4-8-12-22/h3-17,25H,18H2,1-2H3,(H,30,32)(H,28,29,31). The zero-order valence-corrected chi connectivity index (χ0v) is 20.3. The first kappa shape index (κ1) is 24.1. The maximum absolute atomic E-state index is 12.9. The molecule has 0 aliphatic rings. The SMILES string of the molecule is Cc1cc(NS(=O)(=O)c2ccc(NC(=O)CC(c3ccccc3)c3ccccc3)cc2)nc(C)n1. The molecular weight excluding hydrogens is 460 g/mol. The molecule has 4 aromatic rings. The highest BCUT2D eigenvalue weighted by Crippen LogP contribution is 2.28. The molecule has 4 rings (SSSR count). The van der Waals surface area contributed by atoms with Gasteiger partial charge in [0.15, 0.2) is 0 Å². The minimum absolute atomic E-state index is 0.0656. The Kier molecular flexibility index (Phi) is 7.22. The van der Waals surface area contributed by atoms with Crippen molar-refractivity contribution in [3.05, 3.63) is 114 Å². The second-order valence-corrected chi connectivity index (χ2v) is 9.88. The van der Waals surface area contributed by atoms with E-state index in [9.17, 15) is 13.2 Å². The molecule has 7 nitrogen and oxygen atoms in total. The van der Waals surface area contributed by atoms with Gasteiger partial charge in [0.25, 0.3) is 10.0 Å². The molecule has 0 spiro atoms. The number of aryl methyl sites for hydroxylation is 2. The van der Waals surface area contributed by atoms with Crippen LogP contribution in [-0.2, 0) is 14.8 Å². The molecular formula is C27H26N4O3S. The number of rotatable bonds is 8. The molecule has 0 unspecified atom stereocenters. The van der Waals surface area contributed by atoms with Gasteiger partial charge in [-0.3, -0.25) is 9.52 Å². The summed E-state index contributed by atoms with van der Waals surface area (Å²) in [6.45, 7) is 3.46. The van der Waals surface area contributed by atoms with Crippen LogP contribution in [0.2, 0.25) is 0 Å². The first-order valence-corrected chi connectivity index (χ1v) is 12.6. The average Bonchev–Trinajstić information content (AvgIpc) is 2.83. The molecule has 0 aliphatic carbocycles. The predicted octanol–water partition coefficient (Wildman–Crippen LogP) is 5.05. The minimum atomic E-state index is -3.84. The summed E-state index contributed by atoms with van der Waals surface area (Å²) < 4.78 is 28.0. The Bertz CT molecular complexity index is 1350. The van der Waals surface area contributed by atoms with E-state index in [4.69, 9.17) is 0 Å². The Morgan fingerprint density at radius 3 is 1.94 bits per heavy atom. The number of benzene rings is 3. The van der Waals surface area contributed by atoms with Crippen LogP contribution in [0.1, 0.15) is 35.0 Å². The lowest BCUT2D eigenvalue weighted by molar-refractivity contribution is -0.116. The van der Waals surface area contributed by atoms with Crippen LogP contribution in [0.5, 0.6) is 0 Å². The maximum Gasteiger partial charge on any atom is 0.263 e. The summed E-state index contributed by atoms with van der Waals surface area (Å²) in [7, 11) is -3.84. The van der Waals surface area contributed by atoms with Gasteiger partial charge in [0, 0.05) is 29.8 Å². The molecule has 178 valence electrons. The largest absolute Gasteiger partial charge is 0.326 e. The van der Waals surface area contributed by atoms with Crippen molar-refractivity contribution in [2.75, 3.05) is 10.0 Å². The second-order valence-electron chi connectivity index (χ2n) is 8.20. The van der Waals surface area contributed by atoms with E-state index in [1.165, 1.54) is 12.1 Å². The molecule has 1 aromatic heterocycles. The molecule has 35 heavy (non-hydrogen) atoms. The van der Waals surface area contributed by atoms with Crippen molar-refractivity contribution in [1.82, 2.24) is 9.97 Å². The van der Waals surface area contributed by atoms with E-state index in [1.807, 2.05) is 60.7 Å². The molecule has 1 heterocycles. The molecule has 1 amide bonds. The van der Waals surface area contributed by atoms with E-state index in [2.05, 4.69) is 20.0 Å². The van der Waals surface area contributed by atoms with Crippen molar-refractivity contribution in [2.45, 2.75) is 31.1 Å². The van der Waals surface area contributed by atoms with Gasteiger partial charge in [0.1, 0.15) is 11.6 Å². The van der Waals surface area contributed by atoms with Gasteiger partial charge >= 0.3 is 0 Å². The lowest BCUT2D eigenvalue weighted by Gasteiger charge is -2.18. The van der Waals surface area contributed by atoms with Crippen molar-refractivity contribution in [2.24, 2.45) is 0 Å². The molecule has 0 saturated heterocycles. The normalized spacial score (nSPS) is 11.3. The summed E-state index contributed by atoms with van der Waals surface area (Å²) in [6.07, 6.45) is 0.252. The first-order chi connectivity index (χ1) is 16.8. The van der Waals surface area contributed by atoms with Crippen LogP contribution in [0.15, 0.2) is 95.9 Å². The maximum atomic E-state index is 12.9. The molecule has 2 N–H and O–H groups in total. The van der Waals surface area contributed by atoms with Gasteiger partial charge in [0.05, 0.1) is 4.90 Å². The third-order valence-corrected chi connectivity index (χ3v) is 6.82. The predicted molar refractivity (Wildman–Crippen MR) is 137 cm³/mol. The zero-order chi connectivity index (χ0) is 24.8. The zero-order valence-electron chi connectivity index (χ0n) is 19.5. The Morgan fingerprint density at radius 2 is 1.40 bits per heavy atom. The fourth-order valence-corrected chi connectivity index (χ4v) is 4.87. The van der Waals surface area contributed by atoms with Gasteiger partial charge in [0.2, 0.25) is 5.91 Å². The van der Waals surface area contributed by atoms with E-state index in [0.29, 0.717) is 17.2 Å². The second kappa shape index (κ2) is 10.5. The van der Waals surface area contributed by atoms with Gasteiger partial charge < -0.3 is 5.32 Å². The fourth-order valence-electron chi connectivity index (χ4n) is 3.88. The summed E-state index contributed by atoms with van der Waals surface area (Å²) in [6, 6.07) is 27.4. The average molecular weight is 487 g/mol. The summed E-state index contributed by atoms with van der Waals surface area (Å²) in [5.41, 5.74) is 3.29. The van der Waals surface area contributed by atoms with Crippen molar-refractivity contribution < 1.29 is 13.2 Å². The van der Waals surface area contributed by atoms with E-state index < -0.39 is 10.0 Å². The number of hydrogen-bond donors (Lipinski definition) is 2. The number of carbonyl (C=O) groups is 1. The van der Waals surface area contributed by atoms with Gasteiger partial charge in [-0.25, -0.2) is 18.4 Å². The van der Waals surface area contributed by atoms with Crippen LogP contribution in [0, 0.1) is 13.8 Å². The molecule has 0 fully saturated rings. The van der Waals surface area contributed by atoms with Gasteiger partial charge in [-0.15, -0.1) is 0 Å². The van der Waals surface area contributed by atoms with Crippen LogP contribution in [0.3, 0.4) is 0 Å². The lowest BCUT2D eigenvalue weighted by Crippen LogP contribution is -2.17. The highest BCUT2D eigenvalue weighted by atomic mass is 32.2. The number of nitrogens with one attached hydrogen (secondary N) is 2. The molecule has 0 aliphatic heterocycles. The summed E-state index contributed by atoms with van der Waals surface area (Å²) in [4.78, 5) is 21.2. The highest BCUT2D eigenvalue weighted by Gasteiger charge is 2.19. The third-order valence-electron chi connectivity index (χ3n) is 5.45. The number of aromatic nitrogens is 2. The van der Waals surface area contributed by atoms with Crippen LogP contribution < -0.4 is 10.0 Å². The van der Waals surface area contributed by atoms with E-state index >= 15 is 0 Å². The van der Waals surface area contributed by atoms with Gasteiger partial charge in [-0.2, -0.15) is 0 Å². The van der Waals surface area contributed by atoms with Crippen molar-refractivity contribution in [1.29, 1.82) is 0 Å². The molecule has 3 aromatic carbocycles. The molecule has 0 bridgehead atoms. The van der Waals surface area contributed by atoms with Crippen LogP contribution >= 0.6 is 0 Å². The fraction of sp³-hybridized carbons (Fsp3) is 0.148. The molecule has 0 radical (unpaired) electrons. The lowest BCUT2D eigenvalue weighted by atomic mass is 9.88. The number of anilines is 2. The van der Waals surface area contributed by atoms with Crippen molar-refractivity contribution in [3.8, 4) is 0 Å². The summed E-state index contributed by atoms with van der Waals surface area (Å²) in [5, 5.41) is 2.88. The van der Waals surface area contributed by atoms with Gasteiger partial charge in [-0.1, -0.05) is 60.7 Å². The van der Waals surface area contributed by atoms with Gasteiger partial charge in [-0.05, 0) is 49.2 Å². The van der Waals surface area contributed by atoms with Crippen molar-refractivity contribution >= 4 is 27.4 Å². The van der Waals surface area contributed by atoms with Crippen LogP contribution in [0.25, 0.3) is 0 Å². The number of hydrogen-bond acceptors (Lipinski definition) is 5.